The predicted octanol–water partition coefficient (Wildman–Crippen LogP) is -0.139. The fraction of sp³-hybridized carbons (Fsp3) is 0.200. The van der Waals surface area contributed by atoms with Crippen LogP contribution in [0, 0.1) is 0 Å². The third kappa shape index (κ3) is 4.64. The lowest BCUT2D eigenvalue weighted by Gasteiger charge is -2.03. The van der Waals surface area contributed by atoms with Crippen LogP contribution < -0.4 is 11.7 Å². The van der Waals surface area contributed by atoms with Gasteiger partial charge in [0.2, 0.25) is 0 Å². The van der Waals surface area contributed by atoms with Crippen molar-refractivity contribution in [2.24, 2.45) is 21.9 Å². The Balaban J connectivity index is 2.77. The minimum absolute atomic E-state index is 0.0642. The zero-order chi connectivity index (χ0) is 12.7. The van der Waals surface area contributed by atoms with Gasteiger partial charge in [0.05, 0.1) is 23.4 Å². The van der Waals surface area contributed by atoms with Crippen LogP contribution in [0.2, 0.25) is 0 Å². The first-order chi connectivity index (χ1) is 8.07. The highest BCUT2D eigenvalue weighted by molar-refractivity contribution is 7.91. The lowest BCUT2D eigenvalue weighted by atomic mass is 10.2. The molecule has 0 aliphatic rings. The van der Waals surface area contributed by atoms with E-state index in [1.54, 1.807) is 24.3 Å². The number of nitrogens with two attached hydrogens (primary N) is 2. The quantitative estimate of drug-likeness (QED) is 0.432. The van der Waals surface area contributed by atoms with Gasteiger partial charge in [0.25, 0.3) is 0 Å². The molecule has 0 aliphatic heterocycles. The van der Waals surface area contributed by atoms with Crippen LogP contribution in [0.5, 0.6) is 0 Å². The van der Waals surface area contributed by atoms with Gasteiger partial charge in [0.1, 0.15) is 0 Å². The summed E-state index contributed by atoms with van der Waals surface area (Å²) in [5, 5.41) is 6.51. The molecule has 1 aromatic carbocycles. The van der Waals surface area contributed by atoms with Gasteiger partial charge >= 0.3 is 0 Å². The van der Waals surface area contributed by atoms with E-state index in [1.165, 1.54) is 0 Å². The van der Waals surface area contributed by atoms with Crippen molar-refractivity contribution in [2.45, 2.75) is 5.75 Å². The summed E-state index contributed by atoms with van der Waals surface area (Å²) < 4.78 is 23.6. The van der Waals surface area contributed by atoms with Gasteiger partial charge < -0.3 is 11.7 Å². The number of hydrogen-bond acceptors (Lipinski definition) is 6. The van der Waals surface area contributed by atoms with Crippen LogP contribution in [0.15, 0.2) is 40.5 Å². The smallest absolute Gasteiger partial charge is 0.160 e. The van der Waals surface area contributed by atoms with Crippen molar-refractivity contribution in [1.29, 1.82) is 0 Å². The summed E-state index contributed by atoms with van der Waals surface area (Å²) in [6.45, 7) is 0. The average Bonchev–Trinajstić information content (AvgIpc) is 2.29. The van der Waals surface area contributed by atoms with Gasteiger partial charge in [-0.15, -0.1) is 0 Å². The van der Waals surface area contributed by atoms with Gasteiger partial charge in [-0.2, -0.15) is 10.2 Å². The molecule has 0 atom stereocenters. The maximum atomic E-state index is 11.8. The molecule has 0 saturated carbocycles. The van der Waals surface area contributed by atoms with Crippen LogP contribution in [0.25, 0.3) is 0 Å². The summed E-state index contributed by atoms with van der Waals surface area (Å²) in [6.07, 6.45) is 1.13. The third-order valence-electron chi connectivity index (χ3n) is 1.99. The standard InChI is InChI=1S/C10H14N4O2S/c11-13-6-10(14-12)8-17(15,16)7-9-4-2-1-3-5-9/h1-6H,7-8,11-12H2. The minimum Gasteiger partial charge on any atom is -0.323 e. The molecule has 1 aromatic rings. The van der Waals surface area contributed by atoms with Gasteiger partial charge in [-0.3, -0.25) is 0 Å². The van der Waals surface area contributed by atoms with Gasteiger partial charge in [-0.05, 0) is 5.56 Å². The number of sulfone groups is 1. The third-order valence-corrected chi connectivity index (χ3v) is 3.50. The molecule has 0 bridgehead atoms. The molecular weight excluding hydrogens is 240 g/mol. The SMILES string of the molecule is NN=CC(CS(=O)(=O)Cc1ccccc1)=NN. The monoisotopic (exact) mass is 254 g/mol. The first-order valence-corrected chi connectivity index (χ1v) is 6.64. The molecule has 92 valence electrons. The van der Waals surface area contributed by atoms with Gasteiger partial charge in [-0.1, -0.05) is 30.3 Å². The molecule has 1 rings (SSSR count). The summed E-state index contributed by atoms with van der Waals surface area (Å²) >= 11 is 0. The number of hydrogen-bond donors (Lipinski definition) is 2. The summed E-state index contributed by atoms with van der Waals surface area (Å²) in [7, 11) is -3.33. The Kier molecular flexibility index (Phi) is 4.65. The lowest BCUT2D eigenvalue weighted by Crippen LogP contribution is -2.20. The van der Waals surface area contributed by atoms with Crippen molar-refractivity contribution in [3.8, 4) is 0 Å². The second-order valence-electron chi connectivity index (χ2n) is 3.42. The van der Waals surface area contributed by atoms with Crippen molar-refractivity contribution in [3.63, 3.8) is 0 Å². The molecule has 0 aromatic heterocycles. The highest BCUT2D eigenvalue weighted by Gasteiger charge is 2.14. The topological polar surface area (TPSA) is 111 Å². The van der Waals surface area contributed by atoms with Gasteiger partial charge in [0.15, 0.2) is 9.84 Å². The molecule has 0 fully saturated rings. The number of benzene rings is 1. The minimum atomic E-state index is -3.33. The molecule has 0 saturated heterocycles. The fourth-order valence-corrected chi connectivity index (χ4v) is 2.70. The van der Waals surface area contributed by atoms with Crippen LogP contribution in [0.1, 0.15) is 5.56 Å². The summed E-state index contributed by atoms with van der Waals surface area (Å²) in [5.74, 6) is 9.61. The molecule has 0 heterocycles. The van der Waals surface area contributed by atoms with Crippen molar-refractivity contribution >= 4 is 21.8 Å². The van der Waals surface area contributed by atoms with E-state index in [2.05, 4.69) is 10.2 Å². The normalized spacial score (nSPS) is 13.1. The Morgan fingerprint density at radius 1 is 1.24 bits per heavy atom. The average molecular weight is 254 g/mol. The highest BCUT2D eigenvalue weighted by Crippen LogP contribution is 2.06. The second kappa shape index (κ2) is 6.00. The van der Waals surface area contributed by atoms with Crippen LogP contribution in [-0.2, 0) is 15.6 Å². The molecule has 6 nitrogen and oxygen atoms in total. The van der Waals surface area contributed by atoms with E-state index in [-0.39, 0.29) is 17.2 Å². The number of hydrazone groups is 2. The molecule has 0 aliphatic carbocycles. The summed E-state index contributed by atoms with van der Waals surface area (Å²) in [5.41, 5.74) is 0.844. The first kappa shape index (κ1) is 13.2. The van der Waals surface area contributed by atoms with E-state index in [1.807, 2.05) is 6.07 Å². The maximum Gasteiger partial charge on any atom is 0.160 e. The Labute approximate surface area is 99.9 Å². The van der Waals surface area contributed by atoms with Crippen LogP contribution >= 0.6 is 0 Å². The Morgan fingerprint density at radius 3 is 2.41 bits per heavy atom. The molecular formula is C10H14N4O2S. The molecule has 0 unspecified atom stereocenters. The van der Waals surface area contributed by atoms with E-state index in [0.29, 0.717) is 5.56 Å². The van der Waals surface area contributed by atoms with Crippen molar-refractivity contribution in [3.05, 3.63) is 35.9 Å². The van der Waals surface area contributed by atoms with Gasteiger partial charge in [-0.25, -0.2) is 8.42 Å². The van der Waals surface area contributed by atoms with Crippen LogP contribution in [0.3, 0.4) is 0 Å². The second-order valence-corrected chi connectivity index (χ2v) is 5.48. The Hall–Kier alpha value is -1.89. The number of nitrogens with zero attached hydrogens (tertiary/aromatic N) is 2. The maximum absolute atomic E-state index is 11.8. The van der Waals surface area contributed by atoms with Gasteiger partial charge in [0, 0.05) is 0 Å². The molecule has 7 heteroatoms. The molecule has 0 amide bonds. The Morgan fingerprint density at radius 2 is 1.88 bits per heavy atom. The van der Waals surface area contributed by atoms with Crippen LogP contribution in [0.4, 0.5) is 0 Å². The largest absolute Gasteiger partial charge is 0.323 e. The van der Waals surface area contributed by atoms with Crippen molar-refractivity contribution < 1.29 is 8.42 Å². The molecule has 17 heavy (non-hydrogen) atoms. The molecule has 4 N–H and O–H groups in total. The van der Waals surface area contributed by atoms with Crippen molar-refractivity contribution in [1.82, 2.24) is 0 Å². The zero-order valence-corrected chi connectivity index (χ0v) is 9.97. The van der Waals surface area contributed by atoms with E-state index in [9.17, 15) is 8.42 Å². The lowest BCUT2D eigenvalue weighted by molar-refractivity contribution is 0.599. The highest BCUT2D eigenvalue weighted by atomic mass is 32.2. The molecule has 0 spiro atoms. The van der Waals surface area contributed by atoms with E-state index in [0.717, 1.165) is 6.21 Å². The molecule has 0 radical (unpaired) electrons. The first-order valence-electron chi connectivity index (χ1n) is 4.82. The van der Waals surface area contributed by atoms with Crippen LogP contribution in [-0.4, -0.2) is 26.1 Å². The van der Waals surface area contributed by atoms with Crippen molar-refractivity contribution in [2.75, 3.05) is 5.75 Å². The van der Waals surface area contributed by atoms with E-state index >= 15 is 0 Å². The summed E-state index contributed by atoms with van der Waals surface area (Å²) in [6, 6.07) is 8.87. The van der Waals surface area contributed by atoms with E-state index in [4.69, 9.17) is 11.7 Å². The zero-order valence-electron chi connectivity index (χ0n) is 9.15. The fourth-order valence-electron chi connectivity index (χ4n) is 1.30. The Bertz CT molecular complexity index is 508. The predicted molar refractivity (Wildman–Crippen MR) is 68.2 cm³/mol. The van der Waals surface area contributed by atoms with E-state index < -0.39 is 9.84 Å². The number of rotatable bonds is 5. The summed E-state index contributed by atoms with van der Waals surface area (Å²) in [4.78, 5) is 0.